The van der Waals surface area contributed by atoms with Crippen LogP contribution in [0.2, 0.25) is 0 Å². The van der Waals surface area contributed by atoms with Crippen LogP contribution in [-0.4, -0.2) is 41.3 Å². The van der Waals surface area contributed by atoms with E-state index in [9.17, 15) is 15.3 Å². The first-order valence-electron chi connectivity index (χ1n) is 13.7. The largest absolute Gasteiger partial charge is 0.463 e. The molecule has 0 fully saturated rings. The van der Waals surface area contributed by atoms with Crippen LogP contribution in [0, 0.1) is 22.7 Å². The van der Waals surface area contributed by atoms with Crippen molar-refractivity contribution in [2.24, 2.45) is 5.73 Å². The maximum Gasteiger partial charge on any atom is 0.338 e. The Kier molecular flexibility index (Phi) is 9.52. The number of nitriles is 2. The Morgan fingerprint density at radius 2 is 2.00 bits per heavy atom. The van der Waals surface area contributed by atoms with Crippen molar-refractivity contribution in [3.63, 3.8) is 0 Å². The number of nitrogens with zero attached hydrogens (tertiary/aromatic N) is 4. The van der Waals surface area contributed by atoms with Crippen LogP contribution in [0.25, 0.3) is 0 Å². The zero-order chi connectivity index (χ0) is 28.8. The van der Waals surface area contributed by atoms with E-state index in [0.29, 0.717) is 22.3 Å². The third-order valence-electron chi connectivity index (χ3n) is 7.14. The van der Waals surface area contributed by atoms with Gasteiger partial charge in [-0.05, 0) is 48.6 Å². The van der Waals surface area contributed by atoms with Gasteiger partial charge >= 0.3 is 5.97 Å². The lowest BCUT2D eigenvalue weighted by molar-refractivity contribution is -0.139. The molecule has 208 valence electrons. The van der Waals surface area contributed by atoms with Gasteiger partial charge in [-0.25, -0.2) is 9.78 Å². The number of pyridine rings is 1. The first-order chi connectivity index (χ1) is 19.3. The van der Waals surface area contributed by atoms with Crippen molar-refractivity contribution in [2.45, 2.75) is 63.9 Å². The van der Waals surface area contributed by atoms with Gasteiger partial charge in [0, 0.05) is 25.2 Å². The maximum atomic E-state index is 13.3. The Hall–Kier alpha value is -3.79. The fraction of sp³-hybridized carbons (Fsp3) is 0.419. The van der Waals surface area contributed by atoms with Crippen LogP contribution in [-0.2, 0) is 27.2 Å². The molecule has 0 saturated heterocycles. The van der Waals surface area contributed by atoms with Crippen molar-refractivity contribution in [2.75, 3.05) is 25.4 Å². The zero-order valence-corrected chi connectivity index (χ0v) is 24.3. The summed E-state index contributed by atoms with van der Waals surface area (Å²) in [6.07, 6.45) is 1.89. The van der Waals surface area contributed by atoms with Crippen molar-refractivity contribution in [1.82, 2.24) is 9.88 Å². The molecule has 2 aliphatic rings. The van der Waals surface area contributed by atoms with Crippen molar-refractivity contribution in [3.8, 4) is 12.1 Å². The van der Waals surface area contributed by atoms with E-state index < -0.39 is 11.9 Å². The molecule has 40 heavy (non-hydrogen) atoms. The Balaban J connectivity index is 1.71. The van der Waals surface area contributed by atoms with E-state index in [1.165, 1.54) is 11.8 Å². The number of allylic oxidation sites excluding steroid dienone is 1. The van der Waals surface area contributed by atoms with Crippen LogP contribution < -0.4 is 5.73 Å². The van der Waals surface area contributed by atoms with E-state index in [4.69, 9.17) is 20.2 Å². The number of fused-ring (bicyclic) bond motifs is 1. The van der Waals surface area contributed by atoms with Gasteiger partial charge in [0.15, 0.2) is 0 Å². The normalized spacial score (nSPS) is 17.2. The number of carbonyl (C=O) groups is 1. The van der Waals surface area contributed by atoms with E-state index in [1.54, 1.807) is 6.92 Å². The first-order valence-corrected chi connectivity index (χ1v) is 14.6. The van der Waals surface area contributed by atoms with Crippen LogP contribution >= 0.6 is 11.8 Å². The first kappa shape index (κ1) is 29.2. The van der Waals surface area contributed by atoms with Gasteiger partial charge in [0.05, 0.1) is 29.4 Å². The molecule has 9 heteroatoms. The van der Waals surface area contributed by atoms with Gasteiger partial charge in [0.25, 0.3) is 0 Å². The van der Waals surface area contributed by atoms with Crippen molar-refractivity contribution in [1.29, 1.82) is 10.5 Å². The number of esters is 1. The smallest absolute Gasteiger partial charge is 0.338 e. The van der Waals surface area contributed by atoms with Gasteiger partial charge in [0.2, 0.25) is 5.88 Å². The topological polar surface area (TPSA) is 125 Å². The number of aromatic nitrogens is 1. The SMILES string of the molecule is CCCN1CCc2nc(SCC3=C(C(=O)OCC)C(c4ccc(C(C)C)cc4)C(C#N)=C(N)O3)c(C#N)cc2C1. The summed E-state index contributed by atoms with van der Waals surface area (Å²) in [5, 5.41) is 20.5. The van der Waals surface area contributed by atoms with Gasteiger partial charge in [-0.3, -0.25) is 4.90 Å². The van der Waals surface area contributed by atoms with Gasteiger partial charge in [0.1, 0.15) is 28.5 Å². The van der Waals surface area contributed by atoms with E-state index >= 15 is 0 Å². The molecule has 0 amide bonds. The van der Waals surface area contributed by atoms with Crippen LogP contribution in [0.4, 0.5) is 0 Å². The summed E-state index contributed by atoms with van der Waals surface area (Å²) < 4.78 is 11.3. The number of hydrogen-bond donors (Lipinski definition) is 1. The molecule has 1 unspecified atom stereocenters. The summed E-state index contributed by atoms with van der Waals surface area (Å²) in [6, 6.07) is 14.2. The third-order valence-corrected chi connectivity index (χ3v) is 8.14. The highest BCUT2D eigenvalue weighted by molar-refractivity contribution is 7.99. The minimum Gasteiger partial charge on any atom is -0.463 e. The predicted octanol–water partition coefficient (Wildman–Crippen LogP) is 5.26. The summed E-state index contributed by atoms with van der Waals surface area (Å²) in [7, 11) is 0. The quantitative estimate of drug-likeness (QED) is 0.324. The Morgan fingerprint density at radius 3 is 2.62 bits per heavy atom. The lowest BCUT2D eigenvalue weighted by Gasteiger charge is -2.29. The van der Waals surface area contributed by atoms with E-state index in [0.717, 1.165) is 54.9 Å². The number of thioether (sulfide) groups is 1. The molecule has 2 aliphatic heterocycles. The molecule has 0 aliphatic carbocycles. The Bertz CT molecular complexity index is 1420. The molecule has 1 atom stereocenters. The molecule has 1 aromatic carbocycles. The minimum atomic E-state index is -0.730. The van der Waals surface area contributed by atoms with Gasteiger partial charge in [-0.1, -0.05) is 56.8 Å². The van der Waals surface area contributed by atoms with Gasteiger partial charge in [-0.15, -0.1) is 0 Å². The molecule has 0 radical (unpaired) electrons. The Morgan fingerprint density at radius 1 is 1.25 bits per heavy atom. The molecule has 8 nitrogen and oxygen atoms in total. The number of nitrogens with two attached hydrogens (primary N) is 1. The Labute approximate surface area is 240 Å². The summed E-state index contributed by atoms with van der Waals surface area (Å²) in [6.45, 7) is 11.0. The number of hydrogen-bond acceptors (Lipinski definition) is 9. The number of carbonyl (C=O) groups excluding carboxylic acids is 1. The zero-order valence-electron chi connectivity index (χ0n) is 23.5. The molecule has 0 spiro atoms. The molecule has 0 bridgehead atoms. The van der Waals surface area contributed by atoms with E-state index in [2.05, 4.69) is 37.8 Å². The minimum absolute atomic E-state index is 0.0426. The highest BCUT2D eigenvalue weighted by Crippen LogP contribution is 2.41. The lowest BCUT2D eigenvalue weighted by atomic mass is 9.82. The monoisotopic (exact) mass is 557 g/mol. The summed E-state index contributed by atoms with van der Waals surface area (Å²) in [5.41, 5.74) is 11.1. The highest BCUT2D eigenvalue weighted by Gasteiger charge is 2.38. The van der Waals surface area contributed by atoms with E-state index in [-0.39, 0.29) is 29.4 Å². The fourth-order valence-electron chi connectivity index (χ4n) is 5.11. The van der Waals surface area contributed by atoms with Gasteiger partial charge in [-0.2, -0.15) is 10.5 Å². The third kappa shape index (κ3) is 6.17. The van der Waals surface area contributed by atoms with Crippen molar-refractivity contribution >= 4 is 17.7 Å². The van der Waals surface area contributed by atoms with Crippen LogP contribution in [0.5, 0.6) is 0 Å². The van der Waals surface area contributed by atoms with Crippen molar-refractivity contribution < 1.29 is 14.3 Å². The molecule has 0 saturated carbocycles. The maximum absolute atomic E-state index is 13.3. The van der Waals surface area contributed by atoms with E-state index in [1.807, 2.05) is 30.3 Å². The van der Waals surface area contributed by atoms with Crippen LogP contribution in [0.3, 0.4) is 0 Å². The number of ether oxygens (including phenoxy) is 2. The summed E-state index contributed by atoms with van der Waals surface area (Å²) in [5.74, 6) is -0.511. The average molecular weight is 558 g/mol. The van der Waals surface area contributed by atoms with Gasteiger partial charge < -0.3 is 15.2 Å². The molecule has 2 aromatic rings. The molecule has 3 heterocycles. The highest BCUT2D eigenvalue weighted by atomic mass is 32.2. The second-order valence-corrected chi connectivity index (χ2v) is 11.1. The number of rotatable bonds is 9. The molecular weight excluding hydrogens is 522 g/mol. The second-order valence-electron chi connectivity index (χ2n) is 10.2. The van der Waals surface area contributed by atoms with Crippen LogP contribution in [0.15, 0.2) is 58.1 Å². The number of benzene rings is 1. The average Bonchev–Trinajstić information content (AvgIpc) is 2.95. The fourth-order valence-corrected chi connectivity index (χ4v) is 6.02. The molecule has 2 N–H and O–H groups in total. The van der Waals surface area contributed by atoms with Crippen LogP contribution in [0.1, 0.15) is 73.9 Å². The lowest BCUT2D eigenvalue weighted by Crippen LogP contribution is -2.31. The second kappa shape index (κ2) is 13.0. The summed E-state index contributed by atoms with van der Waals surface area (Å²) in [4.78, 5) is 20.6. The predicted molar refractivity (Wildman–Crippen MR) is 154 cm³/mol. The van der Waals surface area contributed by atoms with Crippen molar-refractivity contribution in [3.05, 3.63) is 81.1 Å². The standard InChI is InChI=1S/C31H35N5O3S/c1-5-12-36-13-11-25-23(17-36)14-22(15-32)30(35-25)40-18-26-28(31(37)38-6-2)27(24(16-33)29(34)39-26)21-9-7-20(8-10-21)19(3)4/h7-10,14,19,27H,5-6,11-13,17-18,34H2,1-4H3. The molecular formula is C31H35N5O3S. The molecule has 4 rings (SSSR count). The summed E-state index contributed by atoms with van der Waals surface area (Å²) >= 11 is 1.32. The molecule has 1 aromatic heterocycles.